The van der Waals surface area contributed by atoms with Gasteiger partial charge in [0.25, 0.3) is 0 Å². The summed E-state index contributed by atoms with van der Waals surface area (Å²) in [4.78, 5) is 32.4. The van der Waals surface area contributed by atoms with E-state index in [9.17, 15) is 9.59 Å². The Kier molecular flexibility index (Phi) is 10.8. The zero-order valence-corrected chi connectivity index (χ0v) is 33.0. The highest BCUT2D eigenvalue weighted by molar-refractivity contribution is 5.72. The molecule has 6 aliphatic rings. The van der Waals surface area contributed by atoms with Gasteiger partial charge in [0, 0.05) is 59.7 Å². The molecule has 2 aromatic heterocycles. The maximum absolute atomic E-state index is 11.7. The number of methoxy groups -OCH3 is 1. The van der Waals surface area contributed by atoms with Crippen LogP contribution in [0.2, 0.25) is 0 Å². The SMILES string of the molecule is COC(=O)C1CCC(c2nc(C3(CN[C@H]4C[C@@H]4c4ccccc4)CC3)no2)CC1.O=C(O)C1CCC(c2nc(C3(CN[C@H]4C[C@@H]4c4ccccc4)CC3)no2)CC1. The molecule has 4 atom stereocenters. The molecule has 10 rings (SSSR count). The van der Waals surface area contributed by atoms with E-state index in [0.717, 1.165) is 94.8 Å². The molecular formula is C45H56N6O6. The van der Waals surface area contributed by atoms with Gasteiger partial charge in [0.1, 0.15) is 0 Å². The molecular weight excluding hydrogens is 721 g/mol. The van der Waals surface area contributed by atoms with Gasteiger partial charge in [-0.2, -0.15) is 9.97 Å². The molecule has 0 unspecified atom stereocenters. The van der Waals surface area contributed by atoms with Crippen molar-refractivity contribution in [2.24, 2.45) is 11.8 Å². The lowest BCUT2D eigenvalue weighted by atomic mass is 9.82. The van der Waals surface area contributed by atoms with Crippen molar-refractivity contribution in [3.8, 4) is 0 Å². The molecule has 0 amide bonds. The zero-order valence-electron chi connectivity index (χ0n) is 33.0. The van der Waals surface area contributed by atoms with Gasteiger partial charge < -0.3 is 29.5 Å². The first-order valence-corrected chi connectivity index (χ1v) is 21.4. The van der Waals surface area contributed by atoms with E-state index in [1.807, 2.05) is 0 Å². The van der Waals surface area contributed by atoms with Gasteiger partial charge >= 0.3 is 11.9 Å². The highest BCUT2D eigenvalue weighted by atomic mass is 16.5. The third-order valence-electron chi connectivity index (χ3n) is 14.0. The van der Waals surface area contributed by atoms with Crippen LogP contribution in [-0.2, 0) is 25.2 Å². The number of nitrogens with zero attached hydrogens (tertiary/aromatic N) is 4. The number of nitrogens with one attached hydrogen (secondary N) is 2. The zero-order chi connectivity index (χ0) is 39.0. The Balaban J connectivity index is 0.000000148. The summed E-state index contributed by atoms with van der Waals surface area (Å²) in [5.41, 5.74) is 2.93. The number of rotatable bonds is 14. The summed E-state index contributed by atoms with van der Waals surface area (Å²) in [5.74, 6) is 3.95. The van der Waals surface area contributed by atoms with E-state index in [2.05, 4.69) is 81.6 Å². The lowest BCUT2D eigenvalue weighted by Gasteiger charge is -2.24. The molecule has 2 aromatic carbocycles. The van der Waals surface area contributed by atoms with Gasteiger partial charge in [-0.1, -0.05) is 71.0 Å². The lowest BCUT2D eigenvalue weighted by Crippen LogP contribution is -2.30. The maximum Gasteiger partial charge on any atom is 0.308 e. The van der Waals surface area contributed by atoms with Crippen LogP contribution in [-0.4, -0.2) is 69.6 Å². The highest BCUT2D eigenvalue weighted by Gasteiger charge is 2.52. The van der Waals surface area contributed by atoms with Gasteiger partial charge in [-0.3, -0.25) is 9.59 Å². The van der Waals surface area contributed by atoms with Crippen LogP contribution in [0, 0.1) is 11.8 Å². The van der Waals surface area contributed by atoms with Crippen LogP contribution in [0.4, 0.5) is 0 Å². The third kappa shape index (κ3) is 8.58. The third-order valence-corrected chi connectivity index (χ3v) is 14.0. The number of ether oxygens (including phenoxy) is 1. The van der Waals surface area contributed by atoms with E-state index in [1.54, 1.807) is 0 Å². The summed E-state index contributed by atoms with van der Waals surface area (Å²) in [5, 5.41) is 25.3. The number of hydrogen-bond donors (Lipinski definition) is 3. The van der Waals surface area contributed by atoms with Crippen molar-refractivity contribution in [3.63, 3.8) is 0 Å². The summed E-state index contributed by atoms with van der Waals surface area (Å²) in [6.45, 7) is 1.83. The van der Waals surface area contributed by atoms with Gasteiger partial charge in [-0.05, 0) is 101 Å². The van der Waals surface area contributed by atoms with Gasteiger partial charge in [0.2, 0.25) is 11.8 Å². The van der Waals surface area contributed by atoms with Crippen molar-refractivity contribution in [2.75, 3.05) is 20.2 Å². The monoisotopic (exact) mass is 776 g/mol. The van der Waals surface area contributed by atoms with Crippen LogP contribution in [0.3, 0.4) is 0 Å². The van der Waals surface area contributed by atoms with Gasteiger partial charge in [0.15, 0.2) is 11.6 Å². The molecule has 6 saturated carbocycles. The van der Waals surface area contributed by atoms with Crippen molar-refractivity contribution in [1.82, 2.24) is 30.9 Å². The lowest BCUT2D eigenvalue weighted by molar-refractivity contribution is -0.146. The molecule has 2 heterocycles. The van der Waals surface area contributed by atoms with Gasteiger partial charge in [0.05, 0.1) is 18.9 Å². The number of carboxylic acid groups (broad SMARTS) is 1. The minimum atomic E-state index is -0.679. The predicted molar refractivity (Wildman–Crippen MR) is 211 cm³/mol. The molecule has 6 fully saturated rings. The van der Waals surface area contributed by atoms with Crippen LogP contribution < -0.4 is 10.6 Å². The predicted octanol–water partition coefficient (Wildman–Crippen LogP) is 7.30. The van der Waals surface area contributed by atoms with E-state index in [4.69, 9.17) is 28.9 Å². The number of aliphatic carboxylic acids is 1. The fourth-order valence-electron chi connectivity index (χ4n) is 9.45. The molecule has 0 spiro atoms. The Morgan fingerprint density at radius 3 is 1.47 bits per heavy atom. The second-order valence-electron chi connectivity index (χ2n) is 17.9. The Labute approximate surface area is 334 Å². The number of carbonyl (C=O) groups is 2. The number of esters is 1. The molecule has 0 aliphatic heterocycles. The summed E-state index contributed by atoms with van der Waals surface area (Å²) in [6, 6.07) is 22.6. The van der Waals surface area contributed by atoms with E-state index in [-0.39, 0.29) is 40.5 Å². The highest BCUT2D eigenvalue weighted by Crippen LogP contribution is 2.50. The number of carbonyl (C=O) groups excluding carboxylic acids is 1. The second-order valence-corrected chi connectivity index (χ2v) is 17.9. The smallest absolute Gasteiger partial charge is 0.308 e. The van der Waals surface area contributed by atoms with E-state index >= 15 is 0 Å². The van der Waals surface area contributed by atoms with Crippen molar-refractivity contribution < 1.29 is 28.5 Å². The quantitative estimate of drug-likeness (QED) is 0.110. The van der Waals surface area contributed by atoms with E-state index < -0.39 is 5.97 Å². The van der Waals surface area contributed by atoms with Crippen LogP contribution in [0.1, 0.15) is 148 Å². The molecule has 4 aromatic rings. The maximum atomic E-state index is 11.7. The average molecular weight is 777 g/mol. The molecule has 6 aliphatic carbocycles. The van der Waals surface area contributed by atoms with Gasteiger partial charge in [-0.15, -0.1) is 0 Å². The Hall–Kier alpha value is -4.42. The average Bonchev–Trinajstić information content (AvgIpc) is 4.17. The van der Waals surface area contributed by atoms with E-state index in [0.29, 0.717) is 42.7 Å². The minimum Gasteiger partial charge on any atom is -0.481 e. The molecule has 12 nitrogen and oxygen atoms in total. The molecule has 0 saturated heterocycles. The fraction of sp³-hybridized carbons (Fsp3) is 0.600. The topological polar surface area (TPSA) is 166 Å². The normalized spacial score (nSPS) is 30.3. The van der Waals surface area contributed by atoms with Crippen LogP contribution in [0.15, 0.2) is 69.7 Å². The number of carboxylic acids is 1. The van der Waals surface area contributed by atoms with E-state index in [1.165, 1.54) is 31.1 Å². The first kappa shape index (κ1) is 38.1. The molecule has 3 N–H and O–H groups in total. The van der Waals surface area contributed by atoms with Crippen LogP contribution in [0.5, 0.6) is 0 Å². The Morgan fingerprint density at radius 2 is 1.09 bits per heavy atom. The first-order valence-electron chi connectivity index (χ1n) is 21.4. The minimum absolute atomic E-state index is 0.0220. The molecule has 57 heavy (non-hydrogen) atoms. The van der Waals surface area contributed by atoms with Crippen molar-refractivity contribution in [1.29, 1.82) is 0 Å². The van der Waals surface area contributed by atoms with Gasteiger partial charge in [-0.25, -0.2) is 0 Å². The van der Waals surface area contributed by atoms with Crippen molar-refractivity contribution in [3.05, 3.63) is 95.2 Å². The standard InChI is InChI=1S/C23H29N3O3.C22H27N3O3/c1-28-21(27)17-9-7-16(8-10-17)20-25-22(26-29-20)23(11-12-23)14-24-19-13-18(19)15-5-3-2-4-6-15;26-20(27)16-8-6-15(7-9-16)19-24-21(25-28-19)22(10-11-22)13-23-18-12-17(18)14-4-2-1-3-5-14/h2-6,16-19,24H,7-14H2,1H3;1-5,15-18,23H,6-13H2,(H,26,27)/t16?,17?,18-,19+;15?,16?,17-,18+/m11/s1. The van der Waals surface area contributed by atoms with Crippen molar-refractivity contribution >= 4 is 11.9 Å². The van der Waals surface area contributed by atoms with Crippen LogP contribution >= 0.6 is 0 Å². The molecule has 0 bridgehead atoms. The molecule has 12 heteroatoms. The van der Waals surface area contributed by atoms with Crippen LogP contribution in [0.25, 0.3) is 0 Å². The molecule has 302 valence electrons. The molecule has 0 radical (unpaired) electrons. The number of aromatic nitrogens is 4. The summed E-state index contributed by atoms with van der Waals surface area (Å²) in [7, 11) is 1.46. The number of hydrogen-bond acceptors (Lipinski definition) is 11. The summed E-state index contributed by atoms with van der Waals surface area (Å²) >= 11 is 0. The first-order chi connectivity index (χ1) is 27.8. The Morgan fingerprint density at radius 1 is 0.667 bits per heavy atom. The number of benzene rings is 2. The Bertz CT molecular complexity index is 1980. The summed E-state index contributed by atoms with van der Waals surface area (Å²) < 4.78 is 16.1. The second kappa shape index (κ2) is 16.1. The summed E-state index contributed by atoms with van der Waals surface area (Å²) in [6.07, 6.45) is 13.4. The largest absolute Gasteiger partial charge is 0.481 e. The van der Waals surface area contributed by atoms with Crippen molar-refractivity contribution in [2.45, 2.75) is 136 Å². The fourth-order valence-corrected chi connectivity index (χ4v) is 9.45.